The quantitative estimate of drug-likeness (QED) is 0.177. The van der Waals surface area contributed by atoms with Crippen molar-refractivity contribution < 1.29 is 4.42 Å². The van der Waals surface area contributed by atoms with E-state index >= 15 is 0 Å². The van der Waals surface area contributed by atoms with E-state index in [1.165, 1.54) is 10.8 Å². The summed E-state index contributed by atoms with van der Waals surface area (Å²) in [5.74, 6) is 1.25. The molecule has 5 heteroatoms. The standard InChI is InChI=1S/C47H31N4O/c1-3-15-33(16-4-1)45-48-46(34-17-5-2-6-18-34)50-47(49-45)41-29-39(30-43-44(41)40-21-11-12-22-42(40)52-43)51(37-25-23-31-13-7-9-19-35(31)27-37)38-26-24-32-14-8-10-20-36(32)28-38/h1-30,45H/q-1. The molecule has 52 heavy (non-hydrogen) atoms. The van der Waals surface area contributed by atoms with E-state index in [2.05, 4.69) is 126 Å². The molecular formula is C47H31N4O-. The molecule has 2 heterocycles. The summed E-state index contributed by atoms with van der Waals surface area (Å²) in [5.41, 5.74) is 7.40. The third-order valence-corrected chi connectivity index (χ3v) is 9.78. The fourth-order valence-electron chi connectivity index (χ4n) is 7.27. The van der Waals surface area contributed by atoms with E-state index in [9.17, 15) is 0 Å². The van der Waals surface area contributed by atoms with E-state index in [-0.39, 0.29) is 0 Å². The van der Waals surface area contributed by atoms with Crippen LogP contribution in [0.25, 0.3) is 48.8 Å². The molecule has 10 rings (SSSR count). The molecule has 1 unspecified atom stereocenters. The summed E-state index contributed by atoms with van der Waals surface area (Å²) >= 11 is 0. The number of hydrogen-bond acceptors (Lipinski definition) is 4. The lowest BCUT2D eigenvalue weighted by atomic mass is 10.0. The first kappa shape index (κ1) is 29.9. The van der Waals surface area contributed by atoms with Gasteiger partial charge in [-0.15, -0.1) is 0 Å². The van der Waals surface area contributed by atoms with Gasteiger partial charge in [0, 0.05) is 33.8 Å². The predicted molar refractivity (Wildman–Crippen MR) is 215 cm³/mol. The molecule has 0 spiro atoms. The Balaban J connectivity index is 1.25. The molecule has 1 aliphatic heterocycles. The first-order valence-electron chi connectivity index (χ1n) is 17.5. The van der Waals surface area contributed by atoms with Gasteiger partial charge in [0.05, 0.1) is 17.7 Å². The minimum atomic E-state index is -0.460. The molecule has 9 aromatic rings. The van der Waals surface area contributed by atoms with Gasteiger partial charge in [0.15, 0.2) is 0 Å². The highest BCUT2D eigenvalue weighted by Gasteiger charge is 2.22. The maximum Gasteiger partial charge on any atom is 0.138 e. The summed E-state index contributed by atoms with van der Waals surface area (Å²) in [7, 11) is 0. The summed E-state index contributed by atoms with van der Waals surface area (Å²) < 4.78 is 6.66. The largest absolute Gasteiger partial charge is 0.456 e. The Morgan fingerprint density at radius 1 is 0.500 bits per heavy atom. The molecule has 0 fully saturated rings. The third-order valence-electron chi connectivity index (χ3n) is 9.78. The highest BCUT2D eigenvalue weighted by molar-refractivity contribution is 6.25. The van der Waals surface area contributed by atoms with Gasteiger partial charge in [-0.3, -0.25) is 4.99 Å². The topological polar surface area (TPSA) is 55.2 Å². The molecule has 1 aliphatic rings. The molecule has 0 saturated carbocycles. The molecule has 1 aromatic heterocycles. The first-order valence-corrected chi connectivity index (χ1v) is 17.5. The van der Waals surface area contributed by atoms with Crippen molar-refractivity contribution in [2.45, 2.75) is 6.17 Å². The molecule has 0 saturated heterocycles. The van der Waals surface area contributed by atoms with Crippen molar-refractivity contribution in [3.05, 3.63) is 204 Å². The van der Waals surface area contributed by atoms with Gasteiger partial charge in [0.2, 0.25) is 0 Å². The lowest BCUT2D eigenvalue weighted by Gasteiger charge is -2.33. The number of rotatable bonds is 6. The van der Waals surface area contributed by atoms with Crippen molar-refractivity contribution >= 4 is 72.2 Å². The normalized spacial score (nSPS) is 14.3. The highest BCUT2D eigenvalue weighted by Crippen LogP contribution is 2.43. The Morgan fingerprint density at radius 2 is 1.10 bits per heavy atom. The number of aliphatic imine (C=N–C) groups is 2. The predicted octanol–water partition coefficient (Wildman–Crippen LogP) is 12.6. The maximum absolute atomic E-state index is 6.66. The first-order chi connectivity index (χ1) is 25.7. The van der Waals surface area contributed by atoms with Crippen molar-refractivity contribution in [3.63, 3.8) is 0 Å². The van der Waals surface area contributed by atoms with Gasteiger partial charge in [-0.25, -0.2) is 0 Å². The molecular weight excluding hydrogens is 637 g/mol. The molecule has 246 valence electrons. The van der Waals surface area contributed by atoms with Crippen LogP contribution in [0, 0.1) is 0 Å². The van der Waals surface area contributed by atoms with E-state index in [1.807, 2.05) is 60.7 Å². The number of benzene rings is 8. The number of anilines is 3. The summed E-state index contributed by atoms with van der Waals surface area (Å²) in [5, 5.41) is 11.8. The van der Waals surface area contributed by atoms with Gasteiger partial charge >= 0.3 is 0 Å². The number of nitrogens with zero attached hydrogens (tertiary/aromatic N) is 4. The third kappa shape index (κ3) is 5.27. The van der Waals surface area contributed by atoms with Crippen molar-refractivity contribution in [1.82, 2.24) is 0 Å². The molecule has 0 amide bonds. The minimum Gasteiger partial charge on any atom is -0.456 e. The van der Waals surface area contributed by atoms with E-state index in [0.717, 1.165) is 66.5 Å². The van der Waals surface area contributed by atoms with Crippen LogP contribution < -0.4 is 4.90 Å². The summed E-state index contributed by atoms with van der Waals surface area (Å²) in [4.78, 5) is 12.8. The molecule has 5 nitrogen and oxygen atoms in total. The SMILES string of the molecule is c1ccc(C2=NC(c3cc(N(c4ccc5ccccc5c4)c4ccc5ccccc5c4)cc4oc5ccccc5c34)=NC(c3ccccc3)[N-]2)cc1. The Bertz CT molecular complexity index is 2760. The second kappa shape index (κ2) is 12.4. The Labute approximate surface area is 300 Å². The number of furan rings is 1. The van der Waals surface area contributed by atoms with Crippen LogP contribution in [0.3, 0.4) is 0 Å². The van der Waals surface area contributed by atoms with Gasteiger partial charge in [-0.2, -0.15) is 0 Å². The fraction of sp³-hybridized carbons (Fsp3) is 0.0213. The minimum absolute atomic E-state index is 0.460. The number of amidine groups is 2. The molecule has 8 aromatic carbocycles. The second-order valence-corrected chi connectivity index (χ2v) is 13.0. The van der Waals surface area contributed by atoms with Crippen LogP contribution in [-0.4, -0.2) is 11.7 Å². The Kier molecular flexibility index (Phi) is 7.14. The average molecular weight is 668 g/mol. The van der Waals surface area contributed by atoms with Crippen LogP contribution in [-0.2, 0) is 0 Å². The lowest BCUT2D eigenvalue weighted by Crippen LogP contribution is -2.17. The van der Waals surface area contributed by atoms with E-state index in [0.29, 0.717) is 11.7 Å². The molecule has 1 atom stereocenters. The smallest absolute Gasteiger partial charge is 0.138 e. The molecule has 0 N–H and O–H groups in total. The van der Waals surface area contributed by atoms with Gasteiger partial charge in [0.1, 0.15) is 11.2 Å². The van der Waals surface area contributed by atoms with Crippen LogP contribution in [0.15, 0.2) is 196 Å². The van der Waals surface area contributed by atoms with Crippen molar-refractivity contribution in [3.8, 4) is 0 Å². The lowest BCUT2D eigenvalue weighted by molar-refractivity contribution is 0.669. The van der Waals surface area contributed by atoms with E-state index in [4.69, 9.17) is 19.7 Å². The fourth-order valence-corrected chi connectivity index (χ4v) is 7.27. The molecule has 0 bridgehead atoms. The number of para-hydroxylation sites is 1. The van der Waals surface area contributed by atoms with Gasteiger partial charge in [0.25, 0.3) is 0 Å². The zero-order valence-corrected chi connectivity index (χ0v) is 28.1. The molecule has 0 aliphatic carbocycles. The highest BCUT2D eigenvalue weighted by atomic mass is 16.3. The zero-order chi connectivity index (χ0) is 34.4. The van der Waals surface area contributed by atoms with Crippen LogP contribution >= 0.6 is 0 Å². The van der Waals surface area contributed by atoms with E-state index in [1.54, 1.807) is 0 Å². The van der Waals surface area contributed by atoms with Gasteiger partial charge in [-0.1, -0.05) is 145 Å². The number of hydrogen-bond donors (Lipinski definition) is 0. The average Bonchev–Trinajstić information content (AvgIpc) is 3.60. The maximum atomic E-state index is 6.66. The van der Waals surface area contributed by atoms with Crippen molar-refractivity contribution in [1.29, 1.82) is 0 Å². The second-order valence-electron chi connectivity index (χ2n) is 13.0. The monoisotopic (exact) mass is 667 g/mol. The van der Waals surface area contributed by atoms with Crippen LogP contribution in [0.2, 0.25) is 0 Å². The van der Waals surface area contributed by atoms with Gasteiger partial charge in [-0.05, 0) is 69.1 Å². The van der Waals surface area contributed by atoms with Crippen LogP contribution in [0.5, 0.6) is 0 Å². The van der Waals surface area contributed by atoms with Gasteiger partial charge < -0.3 is 19.6 Å². The summed E-state index contributed by atoms with van der Waals surface area (Å²) in [6, 6.07) is 63.1. The number of fused-ring (bicyclic) bond motifs is 5. The molecule has 0 radical (unpaired) electrons. The summed E-state index contributed by atoms with van der Waals surface area (Å²) in [6.45, 7) is 0. The van der Waals surface area contributed by atoms with Crippen LogP contribution in [0.4, 0.5) is 17.1 Å². The Morgan fingerprint density at radius 3 is 1.79 bits per heavy atom. The summed E-state index contributed by atoms with van der Waals surface area (Å²) in [6.07, 6.45) is -0.460. The zero-order valence-electron chi connectivity index (χ0n) is 28.1. The Hall–Kier alpha value is -6.98. The van der Waals surface area contributed by atoms with Crippen molar-refractivity contribution in [2.75, 3.05) is 4.90 Å². The van der Waals surface area contributed by atoms with Crippen molar-refractivity contribution in [2.24, 2.45) is 9.98 Å². The van der Waals surface area contributed by atoms with E-state index < -0.39 is 6.17 Å². The van der Waals surface area contributed by atoms with Crippen LogP contribution in [0.1, 0.15) is 22.9 Å².